The van der Waals surface area contributed by atoms with Crippen molar-refractivity contribution < 1.29 is 8.78 Å². The summed E-state index contributed by atoms with van der Waals surface area (Å²) < 4.78 is 29.7. The van der Waals surface area contributed by atoms with E-state index in [1.165, 1.54) is 30.5 Å². The molecule has 0 saturated heterocycles. The largest absolute Gasteiger partial charge is 0.354 e. The molecule has 0 aliphatic heterocycles. The molecular weight excluding hydrogens is 562 g/mol. The Balaban J connectivity index is 1.61. The Bertz CT molecular complexity index is 1660. The summed E-state index contributed by atoms with van der Waals surface area (Å²) in [4.78, 5) is 4.47. The molecule has 5 aromatic rings. The third-order valence-corrected chi connectivity index (χ3v) is 6.88. The summed E-state index contributed by atoms with van der Waals surface area (Å²) in [7, 11) is 1.79. The average molecular weight is 580 g/mol. The molecule has 0 bridgehead atoms. The van der Waals surface area contributed by atoms with Crippen LogP contribution >= 0.6 is 27.5 Å². The van der Waals surface area contributed by atoms with Crippen LogP contribution in [0, 0.1) is 23.0 Å². The summed E-state index contributed by atoms with van der Waals surface area (Å²) in [6, 6.07) is 16.7. The summed E-state index contributed by atoms with van der Waals surface area (Å²) >= 11 is 9.60. The minimum atomic E-state index is -0.534. The monoisotopic (exact) mass is 578 g/mol. The number of halogens is 4. The molecule has 1 N–H and O–H groups in total. The number of rotatable bonds is 6. The summed E-state index contributed by atoms with van der Waals surface area (Å²) in [5, 5.41) is 22.0. The van der Waals surface area contributed by atoms with Crippen molar-refractivity contribution in [3.05, 3.63) is 111 Å². The Labute approximate surface area is 224 Å². The van der Waals surface area contributed by atoms with E-state index in [-0.39, 0.29) is 16.8 Å². The van der Waals surface area contributed by atoms with Crippen molar-refractivity contribution in [2.24, 2.45) is 7.05 Å². The molecule has 0 spiro atoms. The number of anilines is 2. The van der Waals surface area contributed by atoms with Gasteiger partial charge in [-0.25, -0.2) is 8.78 Å². The highest BCUT2D eigenvalue weighted by atomic mass is 79.9. The van der Waals surface area contributed by atoms with Gasteiger partial charge in [-0.1, -0.05) is 28.9 Å². The van der Waals surface area contributed by atoms with Crippen LogP contribution in [0.15, 0.2) is 71.5 Å². The van der Waals surface area contributed by atoms with Crippen molar-refractivity contribution in [2.45, 2.75) is 12.3 Å². The number of aromatic nitrogens is 4. The number of nitriles is 1. The second-order valence-electron chi connectivity index (χ2n) is 8.51. The van der Waals surface area contributed by atoms with Crippen molar-refractivity contribution in [3.8, 4) is 6.07 Å². The first-order valence-electron chi connectivity index (χ1n) is 11.2. The van der Waals surface area contributed by atoms with Gasteiger partial charge >= 0.3 is 0 Å². The van der Waals surface area contributed by atoms with Crippen molar-refractivity contribution in [3.63, 3.8) is 0 Å². The highest BCUT2D eigenvalue weighted by molar-refractivity contribution is 9.10. The zero-order chi connectivity index (χ0) is 26.1. The Hall–Kier alpha value is -3.87. The van der Waals surface area contributed by atoms with E-state index in [0.717, 1.165) is 21.3 Å². The minimum Gasteiger partial charge on any atom is -0.354 e. The predicted octanol–water partition coefficient (Wildman–Crippen LogP) is 7.05. The molecule has 3 aromatic carbocycles. The smallest absolute Gasteiger partial charge is 0.141 e. The number of aryl methyl sites for hydroxylation is 1. The van der Waals surface area contributed by atoms with Crippen LogP contribution in [0.4, 0.5) is 20.2 Å². The Morgan fingerprint density at radius 2 is 1.92 bits per heavy atom. The molecule has 6 nitrogen and oxygen atoms in total. The number of benzene rings is 3. The number of hydrogen-bond donors (Lipinski definition) is 1. The Kier molecular flexibility index (Phi) is 6.87. The van der Waals surface area contributed by atoms with Crippen LogP contribution in [0.1, 0.15) is 28.3 Å². The summed E-state index contributed by atoms with van der Waals surface area (Å²) in [6.45, 7) is 0. The predicted molar refractivity (Wildman–Crippen MR) is 142 cm³/mol. The molecule has 37 heavy (non-hydrogen) atoms. The molecule has 2 heterocycles. The maximum atomic E-state index is 13.7. The second-order valence-corrected chi connectivity index (χ2v) is 9.77. The van der Waals surface area contributed by atoms with Crippen LogP contribution in [0.2, 0.25) is 5.02 Å². The zero-order valence-electron chi connectivity index (χ0n) is 19.4. The maximum absolute atomic E-state index is 13.7. The molecule has 10 heteroatoms. The molecule has 0 aliphatic carbocycles. The summed E-state index contributed by atoms with van der Waals surface area (Å²) in [5.41, 5.74) is 4.58. The van der Waals surface area contributed by atoms with Gasteiger partial charge in [0.15, 0.2) is 0 Å². The van der Waals surface area contributed by atoms with Gasteiger partial charge in [0, 0.05) is 40.9 Å². The zero-order valence-corrected chi connectivity index (χ0v) is 21.7. The van der Waals surface area contributed by atoms with Gasteiger partial charge in [0.25, 0.3) is 0 Å². The fraction of sp³-hybridized carbons (Fsp3) is 0.111. The van der Waals surface area contributed by atoms with Crippen molar-refractivity contribution in [1.82, 2.24) is 20.0 Å². The van der Waals surface area contributed by atoms with Gasteiger partial charge in [0.2, 0.25) is 0 Å². The van der Waals surface area contributed by atoms with Crippen LogP contribution in [0.5, 0.6) is 0 Å². The van der Waals surface area contributed by atoms with E-state index in [2.05, 4.69) is 42.6 Å². The molecule has 2 aromatic heterocycles. The number of nitrogens with one attached hydrogen (secondary N) is 1. The van der Waals surface area contributed by atoms with Gasteiger partial charge in [-0.15, -0.1) is 5.10 Å². The van der Waals surface area contributed by atoms with Crippen LogP contribution in [0.25, 0.3) is 10.9 Å². The molecule has 0 radical (unpaired) electrons. The van der Waals surface area contributed by atoms with E-state index in [9.17, 15) is 14.0 Å². The van der Waals surface area contributed by atoms with E-state index in [0.29, 0.717) is 34.3 Å². The van der Waals surface area contributed by atoms with Crippen molar-refractivity contribution in [1.29, 1.82) is 5.26 Å². The van der Waals surface area contributed by atoms with Gasteiger partial charge < -0.3 is 5.32 Å². The van der Waals surface area contributed by atoms with E-state index >= 15 is 0 Å². The van der Waals surface area contributed by atoms with Crippen LogP contribution in [-0.4, -0.2) is 20.0 Å². The number of fused-ring (bicyclic) bond motifs is 1. The number of hydrogen-bond acceptors (Lipinski definition) is 5. The summed E-state index contributed by atoms with van der Waals surface area (Å²) in [6.07, 6.45) is 3.85. The van der Waals surface area contributed by atoms with Crippen molar-refractivity contribution >= 4 is 49.8 Å². The number of nitrogens with zero attached hydrogens (tertiary/aromatic N) is 5. The van der Waals surface area contributed by atoms with E-state index < -0.39 is 5.82 Å². The van der Waals surface area contributed by atoms with Gasteiger partial charge in [-0.3, -0.25) is 9.67 Å². The second kappa shape index (κ2) is 10.2. The average Bonchev–Trinajstić information content (AvgIpc) is 3.31. The standard InChI is InChI=1S/C27H18BrClF2N6/c1-37-14-25(35-36-37)20(16-2-4-18(30)5-3-16)8-15-9-21-26(34-19-6-7-24(31)23(29)11-19)17(12-32)13-33-27(21)22(28)10-15/h2-7,9-11,13-14,20H,8H2,1H3,(H,33,34). The van der Waals surface area contributed by atoms with Crippen LogP contribution in [-0.2, 0) is 13.5 Å². The molecule has 184 valence electrons. The first-order valence-corrected chi connectivity index (χ1v) is 12.3. The molecule has 1 unspecified atom stereocenters. The van der Waals surface area contributed by atoms with Crippen LogP contribution < -0.4 is 5.32 Å². The minimum absolute atomic E-state index is 0.0325. The topological polar surface area (TPSA) is 79.4 Å². The molecule has 0 aliphatic rings. The lowest BCUT2D eigenvalue weighted by Crippen LogP contribution is -2.07. The van der Waals surface area contributed by atoms with E-state index in [1.54, 1.807) is 29.9 Å². The summed E-state index contributed by atoms with van der Waals surface area (Å²) in [5.74, 6) is -1.05. The quantitative estimate of drug-likeness (QED) is 0.233. The van der Waals surface area contributed by atoms with Gasteiger partial charge in [-0.2, -0.15) is 5.26 Å². The SMILES string of the molecule is Cn1cc(C(Cc2cc(Br)c3ncc(C#N)c(Nc4ccc(F)c(Cl)c4)c3c2)c2ccc(F)cc2)nn1. The molecule has 1 atom stereocenters. The Morgan fingerprint density at radius 1 is 1.14 bits per heavy atom. The molecule has 0 fully saturated rings. The maximum Gasteiger partial charge on any atom is 0.141 e. The first-order chi connectivity index (χ1) is 17.8. The van der Waals surface area contributed by atoms with E-state index in [1.807, 2.05) is 18.3 Å². The lowest BCUT2D eigenvalue weighted by Gasteiger charge is -2.18. The third-order valence-electron chi connectivity index (χ3n) is 5.98. The van der Waals surface area contributed by atoms with Gasteiger partial charge in [0.1, 0.15) is 17.7 Å². The number of pyridine rings is 1. The van der Waals surface area contributed by atoms with Gasteiger partial charge in [0.05, 0.1) is 27.5 Å². The lowest BCUT2D eigenvalue weighted by atomic mass is 9.89. The lowest BCUT2D eigenvalue weighted by molar-refractivity contribution is 0.625. The normalized spacial score (nSPS) is 11.9. The van der Waals surface area contributed by atoms with Gasteiger partial charge in [-0.05, 0) is 75.9 Å². The molecule has 0 amide bonds. The van der Waals surface area contributed by atoms with Crippen LogP contribution in [0.3, 0.4) is 0 Å². The molecule has 0 saturated carbocycles. The molecule has 5 rings (SSSR count). The van der Waals surface area contributed by atoms with Crippen molar-refractivity contribution in [2.75, 3.05) is 5.32 Å². The highest BCUT2D eigenvalue weighted by Gasteiger charge is 2.21. The first kappa shape index (κ1) is 24.8. The molecular formula is C27H18BrClF2N6. The fourth-order valence-corrected chi connectivity index (χ4v) is 5.01. The Morgan fingerprint density at radius 3 is 2.59 bits per heavy atom. The third kappa shape index (κ3) is 5.17. The fourth-order valence-electron chi connectivity index (χ4n) is 4.22. The highest BCUT2D eigenvalue weighted by Crippen LogP contribution is 2.36. The van der Waals surface area contributed by atoms with E-state index in [4.69, 9.17) is 11.6 Å².